The Labute approximate surface area is 179 Å². The topological polar surface area (TPSA) is 66.5 Å². The molecule has 0 aliphatic heterocycles. The number of amides is 1. The molecule has 5 nitrogen and oxygen atoms in total. The average molecular weight is 437 g/mol. The molecule has 0 aliphatic carbocycles. The smallest absolute Gasteiger partial charge is 0.232 e. The lowest BCUT2D eigenvalue weighted by atomic mass is 10.00. The molecule has 0 heterocycles. The van der Waals surface area contributed by atoms with Crippen molar-refractivity contribution in [1.82, 2.24) is 5.32 Å². The first-order valence-electron chi connectivity index (χ1n) is 9.59. The number of rotatable bonds is 8. The molecule has 2 rings (SSSR count). The number of aryl methyl sites for hydroxylation is 3. The molecule has 0 aliphatic rings. The molecule has 0 radical (unpaired) electrons. The molecule has 2 aromatic rings. The minimum absolute atomic E-state index is 0.102. The summed E-state index contributed by atoms with van der Waals surface area (Å²) < 4.78 is 25.9. The van der Waals surface area contributed by atoms with Crippen LogP contribution in [-0.4, -0.2) is 27.1 Å². The number of nitrogens with one attached hydrogen (secondary N) is 1. The number of carbonyl (C=O) groups is 1. The van der Waals surface area contributed by atoms with Gasteiger partial charge in [0.05, 0.1) is 18.0 Å². The van der Waals surface area contributed by atoms with E-state index >= 15 is 0 Å². The molecule has 1 atom stereocenters. The third-order valence-corrected chi connectivity index (χ3v) is 6.30. The van der Waals surface area contributed by atoms with E-state index in [0.29, 0.717) is 17.1 Å². The minimum Gasteiger partial charge on any atom is -0.350 e. The van der Waals surface area contributed by atoms with Crippen molar-refractivity contribution >= 4 is 33.2 Å². The van der Waals surface area contributed by atoms with Crippen LogP contribution in [0.25, 0.3) is 0 Å². The van der Waals surface area contributed by atoms with Crippen LogP contribution in [0, 0.1) is 20.8 Å². The maximum absolute atomic E-state index is 12.4. The molecule has 0 bridgehead atoms. The summed E-state index contributed by atoms with van der Waals surface area (Å²) in [5, 5.41) is 3.48. The van der Waals surface area contributed by atoms with Crippen LogP contribution in [0.4, 0.5) is 5.69 Å². The van der Waals surface area contributed by atoms with Crippen molar-refractivity contribution in [3.63, 3.8) is 0 Å². The first-order valence-corrected chi connectivity index (χ1v) is 11.8. The Kier molecular flexibility index (Phi) is 7.72. The summed E-state index contributed by atoms with van der Waals surface area (Å²) in [7, 11) is -3.49. The van der Waals surface area contributed by atoms with Crippen molar-refractivity contribution in [2.24, 2.45) is 0 Å². The molecule has 1 N–H and O–H groups in total. The third kappa shape index (κ3) is 6.47. The normalized spacial score (nSPS) is 12.5. The number of halogens is 1. The molecule has 1 amide bonds. The highest BCUT2D eigenvalue weighted by Crippen LogP contribution is 2.26. The molecule has 0 fully saturated rings. The number of benzene rings is 2. The summed E-state index contributed by atoms with van der Waals surface area (Å²) in [5.41, 5.74) is 4.72. The van der Waals surface area contributed by atoms with Crippen LogP contribution in [0.1, 0.15) is 48.1 Å². The maximum atomic E-state index is 12.4. The number of hydrogen-bond acceptors (Lipinski definition) is 3. The van der Waals surface area contributed by atoms with Crippen molar-refractivity contribution in [1.29, 1.82) is 0 Å². The van der Waals surface area contributed by atoms with Gasteiger partial charge in [0.15, 0.2) is 0 Å². The summed E-state index contributed by atoms with van der Waals surface area (Å²) in [6, 6.07) is 11.2. The van der Waals surface area contributed by atoms with Gasteiger partial charge < -0.3 is 5.32 Å². The fraction of sp³-hybridized carbons (Fsp3) is 0.409. The maximum Gasteiger partial charge on any atom is 0.232 e. The lowest BCUT2D eigenvalue weighted by Gasteiger charge is -2.24. The number of carbonyl (C=O) groups excluding carboxylic acids is 1. The van der Waals surface area contributed by atoms with Crippen molar-refractivity contribution < 1.29 is 13.2 Å². The first kappa shape index (κ1) is 23.2. The molecule has 0 spiro atoms. The third-order valence-electron chi connectivity index (χ3n) is 4.88. The summed E-state index contributed by atoms with van der Waals surface area (Å²) in [6.45, 7) is 8.05. The summed E-state index contributed by atoms with van der Waals surface area (Å²) in [6.07, 6.45) is 1.81. The number of sulfonamides is 1. The van der Waals surface area contributed by atoms with Gasteiger partial charge in [0.2, 0.25) is 15.9 Å². The predicted octanol–water partition coefficient (Wildman–Crippen LogP) is 4.69. The van der Waals surface area contributed by atoms with Gasteiger partial charge >= 0.3 is 0 Å². The van der Waals surface area contributed by atoms with E-state index in [4.69, 9.17) is 11.6 Å². The van der Waals surface area contributed by atoms with Crippen LogP contribution in [0.2, 0.25) is 5.02 Å². The van der Waals surface area contributed by atoms with Crippen molar-refractivity contribution in [2.45, 2.75) is 46.6 Å². The molecular weight excluding hydrogens is 408 g/mol. The van der Waals surface area contributed by atoms with Gasteiger partial charge in [-0.15, -0.1) is 0 Å². The van der Waals surface area contributed by atoms with E-state index in [1.54, 1.807) is 18.2 Å². The molecule has 0 aromatic heterocycles. The van der Waals surface area contributed by atoms with E-state index in [0.717, 1.165) is 28.5 Å². The summed E-state index contributed by atoms with van der Waals surface area (Å²) >= 11 is 6.05. The Bertz CT molecular complexity index is 990. The van der Waals surface area contributed by atoms with Crippen molar-refractivity contribution in [3.8, 4) is 0 Å². The fourth-order valence-electron chi connectivity index (χ4n) is 3.32. The van der Waals surface area contributed by atoms with E-state index in [-0.39, 0.29) is 24.9 Å². The fourth-order valence-corrected chi connectivity index (χ4v) is 4.50. The van der Waals surface area contributed by atoms with Gasteiger partial charge in [-0.1, -0.05) is 41.4 Å². The minimum atomic E-state index is -3.49. The standard InChI is InChI=1S/C22H29ClN2O3S/c1-15-8-9-16(2)20(13-15)18(4)24-22(26)7-6-12-25(29(5,27)28)21-14-19(23)11-10-17(21)3/h8-11,13-14,18H,6-7,12H2,1-5H3,(H,24,26)/t18-/m1/s1. The molecule has 29 heavy (non-hydrogen) atoms. The lowest BCUT2D eigenvalue weighted by molar-refractivity contribution is -0.121. The van der Waals surface area contributed by atoms with E-state index < -0.39 is 10.0 Å². The van der Waals surface area contributed by atoms with E-state index in [1.165, 1.54) is 4.31 Å². The Morgan fingerprint density at radius 1 is 1.10 bits per heavy atom. The van der Waals surface area contributed by atoms with Crippen molar-refractivity contribution in [3.05, 3.63) is 63.7 Å². The Balaban J connectivity index is 2.01. The zero-order valence-electron chi connectivity index (χ0n) is 17.6. The Morgan fingerprint density at radius 3 is 2.41 bits per heavy atom. The van der Waals surface area contributed by atoms with Gasteiger partial charge in [-0.3, -0.25) is 9.10 Å². The van der Waals surface area contributed by atoms with Crippen LogP contribution < -0.4 is 9.62 Å². The predicted molar refractivity (Wildman–Crippen MR) is 120 cm³/mol. The van der Waals surface area contributed by atoms with Gasteiger partial charge in [0.25, 0.3) is 0 Å². The van der Waals surface area contributed by atoms with Crippen LogP contribution in [-0.2, 0) is 14.8 Å². The molecule has 2 aromatic carbocycles. The molecular formula is C22H29ClN2O3S. The van der Waals surface area contributed by atoms with Crippen LogP contribution >= 0.6 is 11.6 Å². The van der Waals surface area contributed by atoms with Gasteiger partial charge in [-0.25, -0.2) is 8.42 Å². The van der Waals surface area contributed by atoms with Crippen molar-refractivity contribution in [2.75, 3.05) is 17.1 Å². The highest BCUT2D eigenvalue weighted by Gasteiger charge is 2.20. The van der Waals surface area contributed by atoms with Gasteiger partial charge in [0.1, 0.15) is 0 Å². The molecule has 0 saturated heterocycles. The van der Waals surface area contributed by atoms with E-state index in [9.17, 15) is 13.2 Å². The highest BCUT2D eigenvalue weighted by molar-refractivity contribution is 7.92. The quantitative estimate of drug-likeness (QED) is 0.652. The second-order valence-corrected chi connectivity index (χ2v) is 9.86. The van der Waals surface area contributed by atoms with Gasteiger partial charge in [0, 0.05) is 18.0 Å². The second-order valence-electron chi connectivity index (χ2n) is 7.52. The number of hydrogen-bond donors (Lipinski definition) is 1. The highest BCUT2D eigenvalue weighted by atomic mass is 35.5. The SMILES string of the molecule is Cc1ccc(C)c([C@@H](C)NC(=O)CCCN(c2cc(Cl)ccc2C)S(C)(=O)=O)c1. The first-order chi connectivity index (χ1) is 13.5. The number of nitrogens with zero attached hydrogens (tertiary/aromatic N) is 1. The molecule has 7 heteroatoms. The van der Waals surface area contributed by atoms with E-state index in [2.05, 4.69) is 11.4 Å². The lowest BCUT2D eigenvalue weighted by Crippen LogP contribution is -2.33. The van der Waals surface area contributed by atoms with Gasteiger partial charge in [-0.2, -0.15) is 0 Å². The zero-order valence-corrected chi connectivity index (χ0v) is 19.2. The Morgan fingerprint density at radius 2 is 1.76 bits per heavy atom. The second kappa shape index (κ2) is 9.63. The Hall–Kier alpha value is -2.05. The van der Waals surface area contributed by atoms with Crippen LogP contribution in [0.15, 0.2) is 36.4 Å². The average Bonchev–Trinajstić information content (AvgIpc) is 2.62. The molecule has 158 valence electrons. The summed E-state index contributed by atoms with van der Waals surface area (Å²) in [4.78, 5) is 12.4. The zero-order chi connectivity index (χ0) is 21.8. The van der Waals surface area contributed by atoms with Gasteiger partial charge in [-0.05, 0) is 62.9 Å². The number of anilines is 1. The molecule has 0 saturated carbocycles. The largest absolute Gasteiger partial charge is 0.350 e. The van der Waals surface area contributed by atoms with Crippen LogP contribution in [0.5, 0.6) is 0 Å². The monoisotopic (exact) mass is 436 g/mol. The molecule has 0 unspecified atom stereocenters. The van der Waals surface area contributed by atoms with E-state index in [1.807, 2.05) is 39.8 Å². The van der Waals surface area contributed by atoms with Crippen LogP contribution in [0.3, 0.4) is 0 Å². The summed E-state index contributed by atoms with van der Waals surface area (Å²) in [5.74, 6) is -0.102.